The molecule has 24 heteroatoms. The predicted molar refractivity (Wildman–Crippen MR) is 364 cm³/mol. The Balaban J connectivity index is 1.06. The molecule has 1 aliphatic carbocycles. The molecule has 8 N–H and O–H groups in total. The zero-order valence-corrected chi connectivity index (χ0v) is 56.9. The summed E-state index contributed by atoms with van der Waals surface area (Å²) in [5, 5.41) is 27.7. The van der Waals surface area contributed by atoms with Gasteiger partial charge in [-0.05, 0) is 138 Å². The number of urea groups is 1. The lowest BCUT2D eigenvalue weighted by molar-refractivity contribution is -0.438. The molecule has 22 nitrogen and oxygen atoms in total. The summed E-state index contributed by atoms with van der Waals surface area (Å²) in [5.74, 6) is -3.95. The number of carbonyl (C=O) groups excluding carboxylic acids is 4. The van der Waals surface area contributed by atoms with Gasteiger partial charge in [-0.2, -0.15) is 21.4 Å². The number of nitrogens with zero attached hydrogens (tertiary/aromatic N) is 3. The van der Waals surface area contributed by atoms with Crippen molar-refractivity contribution in [3.05, 3.63) is 155 Å². The highest BCUT2D eigenvalue weighted by molar-refractivity contribution is 7.86. The maximum atomic E-state index is 14.1. The Morgan fingerprint density at radius 1 is 0.716 bits per heavy atom. The monoisotopic (exact) mass is 1350 g/mol. The standard InChI is InChI=1S/C71H93N7O15S2/c1-6-73-69(86)76-58(68(84)85)37-34-54(79)24-11-9-7-8-10-12-29-65(81)75-59(46-53-47-72-48-74-53)62(80)45-52(67(82)83)44-49-30-35-55(36-31-49)93-66-50(32-38-63-70(2,3)56-25-13-15-27-60(56)77(63)40-17-19-42-94(87,88)89)22-21-23-51(66)33-39-64-71(4,5)57-26-14-16-28-61(57)78(64)41-18-20-43-95(90,91)92/h13-16,25-28,30-33,35-36,38-39,47-48,52,58-59H,6-12,17-24,29,34,37,40-46H2,1-5H3,(H7-,72,73,74,75,76,81,82,83,84,85,86,87,88,89,90,91,92)/p+1/t52-,58+,59+/m1/s1. The predicted octanol–water partition coefficient (Wildman–Crippen LogP) is 11.0. The number of rotatable bonds is 39. The number of Topliss-reactive ketones (excluding diaryl/α,β-unsaturated/α-hetero) is 2. The summed E-state index contributed by atoms with van der Waals surface area (Å²) in [6.45, 7) is 11.7. The van der Waals surface area contributed by atoms with E-state index in [2.05, 4.69) is 112 Å². The first-order chi connectivity index (χ1) is 45.1. The summed E-state index contributed by atoms with van der Waals surface area (Å²) < 4.78 is 74.9. The molecule has 0 saturated carbocycles. The smallest absolute Gasteiger partial charge is 0.326 e. The largest absolute Gasteiger partial charge is 0.481 e. The van der Waals surface area contributed by atoms with Crippen LogP contribution >= 0.6 is 0 Å². The number of carbonyl (C=O) groups is 6. The summed E-state index contributed by atoms with van der Waals surface area (Å²) in [6, 6.07) is 20.6. The number of aliphatic carboxylic acids is 2. The number of benzene rings is 3. The minimum atomic E-state index is -4.13. The second-order valence-electron chi connectivity index (χ2n) is 25.9. The summed E-state index contributed by atoms with van der Waals surface area (Å²) in [6.07, 6.45) is 19.6. The quantitative estimate of drug-likeness (QED) is 0.0117. The second-order valence-corrected chi connectivity index (χ2v) is 29.0. The minimum absolute atomic E-state index is 0.00184. The third kappa shape index (κ3) is 22.0. The summed E-state index contributed by atoms with van der Waals surface area (Å²) in [7, 11) is -8.26. The van der Waals surface area contributed by atoms with Crippen LogP contribution in [0.3, 0.4) is 0 Å². The van der Waals surface area contributed by atoms with Crippen molar-refractivity contribution in [2.24, 2.45) is 5.92 Å². The van der Waals surface area contributed by atoms with Gasteiger partial charge in [-0.15, -0.1) is 0 Å². The van der Waals surface area contributed by atoms with Crippen LogP contribution in [0.1, 0.15) is 173 Å². The number of nitrogens with one attached hydrogen (secondary N) is 4. The normalized spacial score (nSPS) is 17.0. The molecule has 0 unspecified atom stereocenters. The molecule has 4 aromatic rings. The molecular formula is C71H94N7O15S2+. The van der Waals surface area contributed by atoms with Gasteiger partial charge in [0.1, 0.15) is 29.9 Å². The summed E-state index contributed by atoms with van der Waals surface area (Å²) >= 11 is 0. The van der Waals surface area contributed by atoms with Crippen molar-refractivity contribution in [2.75, 3.05) is 36.0 Å². The SMILES string of the molecule is CCNC(=O)N[C@@H](CCC(=O)CCCCCCCCC(=O)N[C@@H](Cc1cnc[nH]1)C(=O)C[C@@H](Cc1ccc(OC2=C(/C=C/C3=[N+](CCCCS(=O)(=O)O)c4ccccc4C3(C)C)CCC/C2=C\C=C2\N(CCCCS(=O)(=O)O)c3ccccc3C2(C)C)cc1)C(=O)O)C(=O)O. The molecule has 0 saturated heterocycles. The van der Waals surface area contributed by atoms with Gasteiger partial charge in [0.2, 0.25) is 11.6 Å². The number of unbranched alkanes of at least 4 members (excludes halogenated alkanes) is 7. The number of para-hydroxylation sites is 2. The fourth-order valence-electron chi connectivity index (χ4n) is 12.8. The number of H-pyrrole nitrogens is 1. The molecule has 3 heterocycles. The number of fused-ring (bicyclic) bond motifs is 2. The van der Waals surface area contributed by atoms with Crippen LogP contribution in [-0.4, -0.2) is 135 Å². The van der Waals surface area contributed by atoms with E-state index in [0.29, 0.717) is 87.3 Å². The van der Waals surface area contributed by atoms with Gasteiger partial charge in [-0.25, -0.2) is 14.6 Å². The Kier molecular flexibility index (Phi) is 27.0. The van der Waals surface area contributed by atoms with E-state index in [-0.39, 0.29) is 74.6 Å². The Hall–Kier alpha value is -8.06. The lowest BCUT2D eigenvalue weighted by atomic mass is 9.81. The molecule has 3 aromatic carbocycles. The van der Waals surface area contributed by atoms with Crippen LogP contribution in [0, 0.1) is 5.92 Å². The van der Waals surface area contributed by atoms with E-state index in [1.165, 1.54) is 6.33 Å². The van der Waals surface area contributed by atoms with Gasteiger partial charge < -0.3 is 40.8 Å². The van der Waals surface area contributed by atoms with E-state index < -0.39 is 72.8 Å². The first-order valence-electron chi connectivity index (χ1n) is 33.1. The maximum Gasteiger partial charge on any atom is 0.326 e. The zero-order valence-electron chi connectivity index (χ0n) is 55.2. The number of aromatic nitrogens is 2. The van der Waals surface area contributed by atoms with Crippen molar-refractivity contribution in [3.8, 4) is 5.75 Å². The fourth-order valence-corrected chi connectivity index (χ4v) is 13.9. The Bertz CT molecular complexity index is 3760. The van der Waals surface area contributed by atoms with Gasteiger partial charge in [0.05, 0.1) is 35.2 Å². The molecule has 7 rings (SSSR count). The number of anilines is 1. The average Bonchev–Trinajstić information content (AvgIpc) is 1.62. The van der Waals surface area contributed by atoms with Gasteiger partial charge in [0, 0.05) is 98.0 Å². The number of ketones is 2. The number of ether oxygens (including phenoxy) is 1. The van der Waals surface area contributed by atoms with Crippen LogP contribution in [0.5, 0.6) is 5.75 Å². The Labute approximate surface area is 558 Å². The topological polar surface area (TPSA) is 332 Å². The van der Waals surface area contributed by atoms with Crippen LogP contribution < -0.4 is 25.6 Å². The summed E-state index contributed by atoms with van der Waals surface area (Å²) in [4.78, 5) is 85.5. The fraction of sp³-hybridized carbons (Fsp3) is 0.493. The summed E-state index contributed by atoms with van der Waals surface area (Å²) in [5.41, 5.74) is 8.44. The highest BCUT2D eigenvalue weighted by Gasteiger charge is 2.44. The number of hydrogen-bond acceptors (Lipinski definition) is 13. The molecule has 3 amide bonds. The lowest BCUT2D eigenvalue weighted by Crippen LogP contribution is -2.46. The molecule has 0 bridgehead atoms. The number of carboxylic acids is 2. The molecule has 1 aromatic heterocycles. The molecule has 0 radical (unpaired) electrons. The van der Waals surface area contributed by atoms with E-state index in [9.17, 15) is 64.9 Å². The first-order valence-corrected chi connectivity index (χ1v) is 36.3. The van der Waals surface area contributed by atoms with Crippen molar-refractivity contribution in [1.82, 2.24) is 25.9 Å². The van der Waals surface area contributed by atoms with Crippen LogP contribution in [0.4, 0.5) is 16.2 Å². The van der Waals surface area contributed by atoms with Crippen LogP contribution in [0.15, 0.2) is 132 Å². The average molecular weight is 1350 g/mol. The van der Waals surface area contributed by atoms with Crippen LogP contribution in [0.25, 0.3) is 0 Å². The van der Waals surface area contributed by atoms with Crippen LogP contribution in [-0.2, 0) is 67.9 Å². The van der Waals surface area contributed by atoms with E-state index in [1.807, 2.05) is 24.3 Å². The first kappa shape index (κ1) is 74.3. The second kappa shape index (κ2) is 34.6. The van der Waals surface area contributed by atoms with Gasteiger partial charge in [-0.1, -0.05) is 94.1 Å². The number of hydrogen-bond donors (Lipinski definition) is 8. The van der Waals surface area contributed by atoms with E-state index in [4.69, 9.17) is 4.74 Å². The van der Waals surface area contributed by atoms with Crippen molar-refractivity contribution in [3.63, 3.8) is 0 Å². The maximum absolute atomic E-state index is 14.1. The number of allylic oxidation sites excluding steroid dienone is 7. The van der Waals surface area contributed by atoms with E-state index in [0.717, 1.165) is 77.2 Å². The molecule has 0 fully saturated rings. The molecule has 514 valence electrons. The van der Waals surface area contributed by atoms with E-state index in [1.54, 1.807) is 37.4 Å². The lowest BCUT2D eigenvalue weighted by Gasteiger charge is -2.27. The molecule has 95 heavy (non-hydrogen) atoms. The van der Waals surface area contributed by atoms with Crippen molar-refractivity contribution >= 4 is 72.8 Å². The number of aromatic amines is 1. The number of amides is 3. The third-order valence-corrected chi connectivity index (χ3v) is 19.5. The number of imidazole rings is 1. The van der Waals surface area contributed by atoms with Crippen molar-refractivity contribution in [1.29, 1.82) is 0 Å². The van der Waals surface area contributed by atoms with E-state index >= 15 is 0 Å². The van der Waals surface area contributed by atoms with Gasteiger partial charge in [0.15, 0.2) is 11.5 Å². The Morgan fingerprint density at radius 2 is 1.38 bits per heavy atom. The zero-order chi connectivity index (χ0) is 68.9. The molecule has 3 atom stereocenters. The van der Waals surface area contributed by atoms with Gasteiger partial charge in [-0.3, -0.25) is 28.3 Å². The molecule has 3 aliphatic rings. The molecular weight excluding hydrogens is 1250 g/mol. The molecule has 0 spiro atoms. The molecule has 2 aliphatic heterocycles. The Morgan fingerprint density at radius 3 is 2.04 bits per heavy atom. The number of carboxylic acid groups (broad SMARTS) is 2. The minimum Gasteiger partial charge on any atom is -0.481 e. The third-order valence-electron chi connectivity index (χ3n) is 17.9. The highest BCUT2D eigenvalue weighted by Crippen LogP contribution is 2.48. The van der Waals surface area contributed by atoms with Crippen LogP contribution in [0.2, 0.25) is 0 Å². The van der Waals surface area contributed by atoms with Gasteiger partial charge >= 0.3 is 18.0 Å². The highest BCUT2D eigenvalue weighted by atomic mass is 32.2. The van der Waals surface area contributed by atoms with Gasteiger partial charge in [0.25, 0.3) is 20.2 Å². The van der Waals surface area contributed by atoms with Crippen molar-refractivity contribution < 1.29 is 74.2 Å². The van der Waals surface area contributed by atoms with Crippen molar-refractivity contribution in [2.45, 2.75) is 186 Å².